The normalized spacial score (nSPS) is 11.3. The van der Waals surface area contributed by atoms with Crippen molar-refractivity contribution < 1.29 is 4.79 Å². The molecule has 0 aromatic heterocycles. The van der Waals surface area contributed by atoms with Crippen molar-refractivity contribution in [3.63, 3.8) is 0 Å². The Morgan fingerprint density at radius 1 is 0.387 bits per heavy atom. The van der Waals surface area contributed by atoms with Gasteiger partial charge in [-0.15, -0.1) is 0 Å². The molecular weight excluding hydrogens is 400 g/mol. The number of halogens is 1. The molecule has 0 aliphatic heterocycles. The van der Waals surface area contributed by atoms with E-state index in [-0.39, 0.29) is 5.24 Å². The summed E-state index contributed by atoms with van der Waals surface area (Å²) in [6, 6.07) is 0. The van der Waals surface area contributed by atoms with Crippen LogP contribution in [0.25, 0.3) is 0 Å². The highest BCUT2D eigenvalue weighted by Gasteiger charge is 1.97. The summed E-state index contributed by atoms with van der Waals surface area (Å²) in [7, 11) is 0. The molecule has 0 spiro atoms. The lowest BCUT2D eigenvalue weighted by molar-refractivity contribution is -0.111. The van der Waals surface area contributed by atoms with Crippen molar-refractivity contribution in [2.75, 3.05) is 0 Å². The molecule has 0 aliphatic rings. The minimum absolute atomic E-state index is 0.177. The molecule has 0 amide bonds. The molecule has 0 saturated heterocycles. The van der Waals surface area contributed by atoms with Gasteiger partial charge in [-0.2, -0.15) is 0 Å². The number of unbranched alkanes of at least 4 members (excludes halogenated alkanes) is 25. The van der Waals surface area contributed by atoms with Crippen LogP contribution < -0.4 is 0 Å². The lowest BCUT2D eigenvalue weighted by Crippen LogP contribution is -1.86. The molecule has 0 bridgehead atoms. The zero-order valence-corrected chi connectivity index (χ0v) is 22.1. The van der Waals surface area contributed by atoms with E-state index in [0.29, 0.717) is 6.42 Å². The third-order valence-corrected chi connectivity index (χ3v) is 6.92. The minimum Gasteiger partial charge on any atom is -0.281 e. The van der Waals surface area contributed by atoms with Gasteiger partial charge in [0.05, 0.1) is 0 Å². The summed E-state index contributed by atoms with van der Waals surface area (Å²) in [4.78, 5) is 10.6. The van der Waals surface area contributed by atoms with Gasteiger partial charge >= 0.3 is 0 Å². The van der Waals surface area contributed by atoms with E-state index in [1.165, 1.54) is 154 Å². The first-order chi connectivity index (χ1) is 15.3. The summed E-state index contributed by atoms with van der Waals surface area (Å²) in [6.45, 7) is 2.30. The average Bonchev–Trinajstić information content (AvgIpc) is 2.76. The maximum atomic E-state index is 10.6. The van der Waals surface area contributed by atoms with Crippen LogP contribution in [-0.4, -0.2) is 5.24 Å². The van der Waals surface area contributed by atoms with E-state index in [1.54, 1.807) is 0 Å². The second-order valence-electron chi connectivity index (χ2n) is 9.94. The van der Waals surface area contributed by atoms with Gasteiger partial charge in [-0.05, 0) is 18.0 Å². The fraction of sp³-hybridized carbons (Fsp3) is 0.966. The van der Waals surface area contributed by atoms with Crippen LogP contribution in [0.4, 0.5) is 0 Å². The number of rotatable bonds is 27. The number of hydrogen-bond acceptors (Lipinski definition) is 1. The predicted octanol–water partition coefficient (Wildman–Crippen LogP) is 11.3. The second kappa shape index (κ2) is 28.0. The van der Waals surface area contributed by atoms with E-state index in [4.69, 9.17) is 11.6 Å². The average molecular weight is 457 g/mol. The molecule has 2 heteroatoms. The van der Waals surface area contributed by atoms with Gasteiger partial charge < -0.3 is 0 Å². The summed E-state index contributed by atoms with van der Waals surface area (Å²) < 4.78 is 0. The van der Waals surface area contributed by atoms with E-state index in [2.05, 4.69) is 6.92 Å². The summed E-state index contributed by atoms with van der Waals surface area (Å²) in [5, 5.41) is -0.177. The van der Waals surface area contributed by atoms with Crippen LogP contribution in [-0.2, 0) is 4.79 Å². The molecular formula is C29H57ClO. The van der Waals surface area contributed by atoms with Crippen LogP contribution in [0.1, 0.15) is 180 Å². The fourth-order valence-electron chi connectivity index (χ4n) is 4.58. The summed E-state index contributed by atoms with van der Waals surface area (Å²) in [6.07, 6.45) is 37.2. The van der Waals surface area contributed by atoms with Gasteiger partial charge in [0.15, 0.2) is 0 Å². The van der Waals surface area contributed by atoms with E-state index in [1.807, 2.05) is 0 Å². The third kappa shape index (κ3) is 30.0. The Balaban J connectivity index is 3.00. The van der Waals surface area contributed by atoms with Crippen LogP contribution in [0.2, 0.25) is 0 Å². The van der Waals surface area contributed by atoms with Gasteiger partial charge in [-0.1, -0.05) is 167 Å². The molecule has 0 N–H and O–H groups in total. The Morgan fingerprint density at radius 2 is 0.581 bits per heavy atom. The first-order valence-electron chi connectivity index (χ1n) is 14.5. The van der Waals surface area contributed by atoms with Gasteiger partial charge in [-0.25, -0.2) is 0 Å². The first kappa shape index (κ1) is 31.0. The zero-order valence-electron chi connectivity index (χ0n) is 21.4. The minimum atomic E-state index is -0.177. The molecule has 0 heterocycles. The Bertz CT molecular complexity index is 342. The summed E-state index contributed by atoms with van der Waals surface area (Å²) in [5.74, 6) is 0. The fourth-order valence-corrected chi connectivity index (χ4v) is 4.71. The number of carbonyl (C=O) groups is 1. The molecule has 0 aromatic carbocycles. The van der Waals surface area contributed by atoms with Crippen molar-refractivity contribution in [3.05, 3.63) is 0 Å². The number of carbonyl (C=O) groups excluding carboxylic acids is 1. The van der Waals surface area contributed by atoms with E-state index < -0.39 is 0 Å². The van der Waals surface area contributed by atoms with Gasteiger partial charge in [0.1, 0.15) is 0 Å². The molecule has 0 atom stereocenters. The topological polar surface area (TPSA) is 17.1 Å². The van der Waals surface area contributed by atoms with Crippen molar-refractivity contribution in [2.45, 2.75) is 180 Å². The van der Waals surface area contributed by atoms with Crippen molar-refractivity contribution >= 4 is 16.8 Å². The molecule has 1 nitrogen and oxygen atoms in total. The lowest BCUT2D eigenvalue weighted by Gasteiger charge is -2.04. The van der Waals surface area contributed by atoms with Gasteiger partial charge in [0, 0.05) is 6.42 Å². The van der Waals surface area contributed by atoms with E-state index >= 15 is 0 Å². The quantitative estimate of drug-likeness (QED) is 0.0886. The Hall–Kier alpha value is -0.0400. The summed E-state index contributed by atoms with van der Waals surface area (Å²) in [5.41, 5.74) is 0. The maximum Gasteiger partial charge on any atom is 0.221 e. The standard InChI is InChI=1S/C29H57ClO/c1-2-3-4-5-6-7-8-9-10-11-12-13-14-15-16-17-18-19-20-21-22-23-24-25-26-27-28-29(30)31/h2-28H2,1H3. The first-order valence-corrected chi connectivity index (χ1v) is 14.8. The Morgan fingerprint density at radius 3 is 0.774 bits per heavy atom. The highest BCUT2D eigenvalue weighted by Crippen LogP contribution is 2.16. The van der Waals surface area contributed by atoms with Crippen LogP contribution in [0.3, 0.4) is 0 Å². The molecule has 0 unspecified atom stereocenters. The predicted molar refractivity (Wildman–Crippen MR) is 141 cm³/mol. The molecule has 0 aromatic rings. The van der Waals surface area contributed by atoms with Crippen molar-refractivity contribution in [1.29, 1.82) is 0 Å². The number of hydrogen-bond donors (Lipinski definition) is 0. The monoisotopic (exact) mass is 456 g/mol. The van der Waals surface area contributed by atoms with Crippen molar-refractivity contribution in [3.8, 4) is 0 Å². The van der Waals surface area contributed by atoms with E-state index in [0.717, 1.165) is 12.8 Å². The molecule has 0 radical (unpaired) electrons. The molecule has 0 rings (SSSR count). The van der Waals surface area contributed by atoms with Gasteiger partial charge in [0.25, 0.3) is 0 Å². The molecule has 0 saturated carbocycles. The zero-order chi connectivity index (χ0) is 22.7. The molecule has 0 fully saturated rings. The van der Waals surface area contributed by atoms with Crippen LogP contribution in [0.5, 0.6) is 0 Å². The largest absolute Gasteiger partial charge is 0.281 e. The van der Waals surface area contributed by atoms with Gasteiger partial charge in [-0.3, -0.25) is 4.79 Å². The molecule has 186 valence electrons. The van der Waals surface area contributed by atoms with Crippen LogP contribution >= 0.6 is 11.6 Å². The van der Waals surface area contributed by atoms with Gasteiger partial charge in [0.2, 0.25) is 5.24 Å². The molecule has 0 aliphatic carbocycles. The smallest absolute Gasteiger partial charge is 0.221 e. The van der Waals surface area contributed by atoms with Crippen molar-refractivity contribution in [2.24, 2.45) is 0 Å². The van der Waals surface area contributed by atoms with Crippen LogP contribution in [0.15, 0.2) is 0 Å². The maximum absolute atomic E-state index is 10.6. The molecule has 31 heavy (non-hydrogen) atoms. The lowest BCUT2D eigenvalue weighted by atomic mass is 10.0. The van der Waals surface area contributed by atoms with E-state index in [9.17, 15) is 4.79 Å². The van der Waals surface area contributed by atoms with Crippen molar-refractivity contribution in [1.82, 2.24) is 0 Å². The summed E-state index contributed by atoms with van der Waals surface area (Å²) >= 11 is 5.35. The van der Waals surface area contributed by atoms with Crippen LogP contribution in [0, 0.1) is 0 Å². The highest BCUT2D eigenvalue weighted by molar-refractivity contribution is 6.63. The second-order valence-corrected chi connectivity index (χ2v) is 10.4. The highest BCUT2D eigenvalue weighted by atomic mass is 35.5. The Kier molecular flexibility index (Phi) is 28.0. The third-order valence-electron chi connectivity index (χ3n) is 6.73. The Labute approximate surface area is 201 Å². The SMILES string of the molecule is CCCCCCCCCCCCCCCCCCCCCCCCCCCCC(=O)Cl.